The minimum atomic E-state index is -1.31. The monoisotopic (exact) mass is 266 g/mol. The fourth-order valence-corrected chi connectivity index (χ4v) is 3.22. The van der Waals surface area contributed by atoms with Crippen LogP contribution in [-0.2, 0) is 0 Å². The largest absolute Gasteiger partial charge is 0.0758 e. The predicted molar refractivity (Wildman–Crippen MR) is 87.9 cm³/mol. The highest BCUT2D eigenvalue weighted by molar-refractivity contribution is 6.84. The number of rotatable bonds is 3. The molecule has 0 radical (unpaired) electrons. The SMILES string of the molecule is CC(=C(c1ccccc1)c1ccccc1)[Si](C)(C)C. The summed E-state index contributed by atoms with van der Waals surface area (Å²) in [5.41, 5.74) is 4.07. The van der Waals surface area contributed by atoms with Crippen molar-refractivity contribution in [2.45, 2.75) is 26.6 Å². The fourth-order valence-electron chi connectivity index (χ4n) is 2.18. The van der Waals surface area contributed by atoms with E-state index in [0.717, 1.165) is 0 Å². The first-order valence-corrected chi connectivity index (χ1v) is 10.3. The van der Waals surface area contributed by atoms with Crippen LogP contribution in [0.1, 0.15) is 18.1 Å². The standard InChI is InChI=1S/C18H22Si/c1-15(19(2,3)4)18(16-11-7-5-8-12-16)17-13-9-6-10-14-17/h5-14H,1-4H3. The lowest BCUT2D eigenvalue weighted by molar-refractivity contribution is 1.46. The third-order valence-electron chi connectivity index (χ3n) is 3.62. The van der Waals surface area contributed by atoms with E-state index in [1.807, 2.05) is 0 Å². The highest BCUT2D eigenvalue weighted by Gasteiger charge is 2.20. The van der Waals surface area contributed by atoms with Gasteiger partial charge in [-0.05, 0) is 23.6 Å². The topological polar surface area (TPSA) is 0 Å². The third-order valence-corrected chi connectivity index (χ3v) is 6.12. The van der Waals surface area contributed by atoms with Crippen molar-refractivity contribution in [2.75, 3.05) is 0 Å². The summed E-state index contributed by atoms with van der Waals surface area (Å²) in [5, 5.41) is 1.56. The van der Waals surface area contributed by atoms with Crippen molar-refractivity contribution in [3.8, 4) is 0 Å². The molecular formula is C18H22Si. The van der Waals surface area contributed by atoms with E-state index in [1.54, 1.807) is 5.20 Å². The lowest BCUT2D eigenvalue weighted by atomic mass is 9.98. The first-order valence-electron chi connectivity index (χ1n) is 6.82. The molecule has 98 valence electrons. The van der Waals surface area contributed by atoms with Gasteiger partial charge in [-0.15, -0.1) is 0 Å². The Kier molecular flexibility index (Phi) is 4.06. The van der Waals surface area contributed by atoms with Crippen LogP contribution in [0.25, 0.3) is 5.57 Å². The van der Waals surface area contributed by atoms with Gasteiger partial charge in [0.15, 0.2) is 0 Å². The van der Waals surface area contributed by atoms with Crippen molar-refractivity contribution in [2.24, 2.45) is 0 Å². The van der Waals surface area contributed by atoms with Crippen molar-refractivity contribution in [3.05, 3.63) is 77.0 Å². The Morgan fingerprint density at radius 1 is 0.684 bits per heavy atom. The van der Waals surface area contributed by atoms with Crippen LogP contribution in [0.15, 0.2) is 65.9 Å². The molecule has 19 heavy (non-hydrogen) atoms. The van der Waals surface area contributed by atoms with E-state index in [2.05, 4.69) is 87.2 Å². The number of hydrogen-bond donors (Lipinski definition) is 0. The Hall–Kier alpha value is -1.60. The minimum absolute atomic E-state index is 1.31. The molecule has 0 aromatic heterocycles. The lowest BCUT2D eigenvalue weighted by Gasteiger charge is -2.23. The molecular weight excluding hydrogens is 244 g/mol. The molecule has 0 unspecified atom stereocenters. The van der Waals surface area contributed by atoms with E-state index in [1.165, 1.54) is 16.7 Å². The molecule has 2 aromatic rings. The molecule has 0 nitrogen and oxygen atoms in total. The summed E-state index contributed by atoms with van der Waals surface area (Å²) < 4.78 is 0. The van der Waals surface area contributed by atoms with Crippen LogP contribution in [0, 0.1) is 0 Å². The van der Waals surface area contributed by atoms with Gasteiger partial charge in [0.05, 0.1) is 8.07 Å². The number of hydrogen-bond acceptors (Lipinski definition) is 0. The Labute approximate surface area is 117 Å². The molecule has 0 saturated carbocycles. The Morgan fingerprint density at radius 2 is 1.05 bits per heavy atom. The summed E-state index contributed by atoms with van der Waals surface area (Å²) in [7, 11) is -1.31. The summed E-state index contributed by atoms with van der Waals surface area (Å²) in [6, 6.07) is 21.5. The van der Waals surface area contributed by atoms with Gasteiger partial charge in [-0.25, -0.2) is 0 Å². The predicted octanol–water partition coefficient (Wildman–Crippen LogP) is 5.39. The summed E-state index contributed by atoms with van der Waals surface area (Å²) >= 11 is 0. The van der Waals surface area contributed by atoms with Crippen molar-refractivity contribution >= 4 is 13.6 Å². The van der Waals surface area contributed by atoms with Crippen LogP contribution in [0.2, 0.25) is 19.6 Å². The van der Waals surface area contributed by atoms with E-state index in [4.69, 9.17) is 0 Å². The van der Waals surface area contributed by atoms with Crippen LogP contribution in [0.3, 0.4) is 0 Å². The number of benzene rings is 2. The summed E-state index contributed by atoms with van der Waals surface area (Å²) in [4.78, 5) is 0. The average Bonchev–Trinajstić information content (AvgIpc) is 2.40. The van der Waals surface area contributed by atoms with E-state index in [9.17, 15) is 0 Å². The second kappa shape index (κ2) is 5.58. The summed E-state index contributed by atoms with van der Waals surface area (Å²) in [6.07, 6.45) is 0. The van der Waals surface area contributed by atoms with Crippen molar-refractivity contribution < 1.29 is 0 Å². The van der Waals surface area contributed by atoms with E-state index in [0.29, 0.717) is 0 Å². The maximum atomic E-state index is 2.41. The van der Waals surface area contributed by atoms with Gasteiger partial charge in [-0.1, -0.05) is 85.5 Å². The highest BCUT2D eigenvalue weighted by Crippen LogP contribution is 2.31. The first-order chi connectivity index (χ1) is 9.00. The average molecular weight is 266 g/mol. The third kappa shape index (κ3) is 3.24. The van der Waals surface area contributed by atoms with Crippen LogP contribution in [0.4, 0.5) is 0 Å². The molecule has 0 aliphatic heterocycles. The highest BCUT2D eigenvalue weighted by atomic mass is 28.3. The Morgan fingerprint density at radius 3 is 1.37 bits per heavy atom. The molecule has 0 fully saturated rings. The molecule has 0 saturated heterocycles. The van der Waals surface area contributed by atoms with Gasteiger partial charge >= 0.3 is 0 Å². The van der Waals surface area contributed by atoms with Gasteiger partial charge in [0, 0.05) is 0 Å². The maximum absolute atomic E-state index is 2.41. The van der Waals surface area contributed by atoms with E-state index >= 15 is 0 Å². The van der Waals surface area contributed by atoms with Gasteiger partial charge in [-0.2, -0.15) is 0 Å². The molecule has 0 aliphatic carbocycles. The summed E-state index contributed by atoms with van der Waals surface area (Å²) in [6.45, 7) is 9.54. The fraction of sp³-hybridized carbons (Fsp3) is 0.222. The quantitative estimate of drug-likeness (QED) is 0.654. The zero-order valence-electron chi connectivity index (χ0n) is 12.3. The molecule has 2 aromatic carbocycles. The van der Waals surface area contributed by atoms with Crippen LogP contribution in [-0.4, -0.2) is 8.07 Å². The molecule has 0 bridgehead atoms. The minimum Gasteiger partial charge on any atom is -0.0758 e. The maximum Gasteiger partial charge on any atom is 0.0729 e. The Balaban J connectivity index is 2.66. The van der Waals surface area contributed by atoms with Crippen LogP contribution >= 0.6 is 0 Å². The van der Waals surface area contributed by atoms with Gasteiger partial charge in [0.2, 0.25) is 0 Å². The first kappa shape index (κ1) is 13.8. The molecule has 0 aliphatic rings. The smallest absolute Gasteiger partial charge is 0.0729 e. The molecule has 2 rings (SSSR count). The zero-order valence-corrected chi connectivity index (χ0v) is 13.3. The van der Waals surface area contributed by atoms with Crippen LogP contribution in [0.5, 0.6) is 0 Å². The van der Waals surface area contributed by atoms with Crippen molar-refractivity contribution in [1.29, 1.82) is 0 Å². The van der Waals surface area contributed by atoms with Crippen LogP contribution < -0.4 is 0 Å². The molecule has 0 atom stereocenters. The van der Waals surface area contributed by atoms with E-state index < -0.39 is 8.07 Å². The molecule has 0 N–H and O–H groups in total. The van der Waals surface area contributed by atoms with Crippen molar-refractivity contribution in [1.82, 2.24) is 0 Å². The second-order valence-corrected chi connectivity index (χ2v) is 11.2. The van der Waals surface area contributed by atoms with Crippen molar-refractivity contribution in [3.63, 3.8) is 0 Å². The zero-order chi connectivity index (χ0) is 13.9. The Bertz CT molecular complexity index is 518. The van der Waals surface area contributed by atoms with E-state index in [-0.39, 0.29) is 0 Å². The second-order valence-electron chi connectivity index (χ2n) is 5.98. The molecule has 0 heterocycles. The molecule has 1 heteroatoms. The van der Waals surface area contributed by atoms with Gasteiger partial charge in [-0.3, -0.25) is 0 Å². The number of allylic oxidation sites excluding steroid dienone is 1. The normalized spacial score (nSPS) is 11.2. The molecule has 0 spiro atoms. The molecule has 0 amide bonds. The van der Waals surface area contributed by atoms with Gasteiger partial charge in [0.25, 0.3) is 0 Å². The summed E-state index contributed by atoms with van der Waals surface area (Å²) in [5.74, 6) is 0. The van der Waals surface area contributed by atoms with Gasteiger partial charge < -0.3 is 0 Å². The lowest BCUT2D eigenvalue weighted by Crippen LogP contribution is -2.23. The van der Waals surface area contributed by atoms with Gasteiger partial charge in [0.1, 0.15) is 0 Å².